The minimum absolute atomic E-state index is 0. The van der Waals surface area contributed by atoms with E-state index >= 15 is 0 Å². The Kier molecular flexibility index (Phi) is 6.93. The predicted molar refractivity (Wildman–Crippen MR) is 108 cm³/mol. The van der Waals surface area contributed by atoms with Crippen LogP contribution in [0, 0.1) is 0 Å². The van der Waals surface area contributed by atoms with Crippen molar-refractivity contribution in [1.82, 2.24) is 15.5 Å². The number of rotatable bonds is 4. The van der Waals surface area contributed by atoms with Crippen molar-refractivity contribution in [3.05, 3.63) is 36.1 Å². The molecule has 4 rings (SSSR count). The molecule has 1 aromatic heterocycles. The van der Waals surface area contributed by atoms with Crippen molar-refractivity contribution in [1.29, 1.82) is 0 Å². The van der Waals surface area contributed by atoms with Gasteiger partial charge >= 0.3 is 0 Å². The topological polar surface area (TPSA) is 83.8 Å². The number of benzene rings is 1. The number of nitrogens with zero attached hydrogens (tertiary/aromatic N) is 1. The van der Waals surface area contributed by atoms with Crippen LogP contribution in [0.15, 0.2) is 34.7 Å². The van der Waals surface area contributed by atoms with Crippen molar-refractivity contribution in [2.24, 2.45) is 0 Å². The number of amides is 2. The third-order valence-corrected chi connectivity index (χ3v) is 5.18. The molecular weight excluding hydrogens is 382 g/mol. The molecule has 2 fully saturated rings. The van der Waals surface area contributed by atoms with E-state index in [2.05, 4.69) is 10.6 Å². The number of fused-ring (bicyclic) bond motifs is 1. The molecule has 0 spiro atoms. The second-order valence-electron chi connectivity index (χ2n) is 7.23. The molecule has 0 saturated carbocycles. The van der Waals surface area contributed by atoms with Crippen LogP contribution in [0.25, 0.3) is 11.0 Å². The van der Waals surface area contributed by atoms with Crippen molar-refractivity contribution >= 4 is 35.2 Å². The highest BCUT2D eigenvalue weighted by Crippen LogP contribution is 2.19. The number of furan rings is 1. The number of ether oxygens (including phenoxy) is 1. The lowest BCUT2D eigenvalue weighted by Crippen LogP contribution is -2.51. The van der Waals surface area contributed by atoms with Gasteiger partial charge in [-0.15, -0.1) is 12.4 Å². The van der Waals surface area contributed by atoms with Gasteiger partial charge in [-0.05, 0) is 25.0 Å². The van der Waals surface area contributed by atoms with E-state index in [1.165, 1.54) is 0 Å². The highest BCUT2D eigenvalue weighted by Gasteiger charge is 2.27. The smallest absolute Gasteiger partial charge is 0.287 e. The number of hydrogen-bond acceptors (Lipinski definition) is 5. The third kappa shape index (κ3) is 4.84. The van der Waals surface area contributed by atoms with E-state index in [4.69, 9.17) is 9.15 Å². The van der Waals surface area contributed by atoms with E-state index in [9.17, 15) is 9.59 Å². The van der Waals surface area contributed by atoms with Crippen LogP contribution in [0.4, 0.5) is 0 Å². The first-order chi connectivity index (χ1) is 13.2. The molecule has 28 heavy (non-hydrogen) atoms. The molecule has 2 amide bonds. The molecule has 2 aliphatic rings. The Hall–Kier alpha value is -2.09. The van der Waals surface area contributed by atoms with Crippen LogP contribution >= 0.6 is 12.4 Å². The Morgan fingerprint density at radius 2 is 2.14 bits per heavy atom. The van der Waals surface area contributed by atoms with Crippen molar-refractivity contribution in [2.45, 2.75) is 31.3 Å². The Morgan fingerprint density at radius 3 is 2.93 bits per heavy atom. The van der Waals surface area contributed by atoms with E-state index < -0.39 is 0 Å². The van der Waals surface area contributed by atoms with Gasteiger partial charge < -0.3 is 24.7 Å². The molecule has 2 saturated heterocycles. The standard InChI is InChI=1S/C20H25N3O4.ClH/c24-19(11-16-13-26-9-7-21-16)23-8-3-5-15(12-23)22-20(25)18-10-14-4-1-2-6-17(14)27-18;/h1-2,4,6,10,15-16,21H,3,5,7-9,11-13H2,(H,22,25);1H. The molecule has 1 aromatic carbocycles. The van der Waals surface area contributed by atoms with Crippen molar-refractivity contribution in [2.75, 3.05) is 32.8 Å². The minimum atomic E-state index is -0.229. The lowest BCUT2D eigenvalue weighted by molar-refractivity contribution is -0.133. The van der Waals surface area contributed by atoms with Gasteiger partial charge in [0.2, 0.25) is 5.91 Å². The van der Waals surface area contributed by atoms with Gasteiger partial charge in [-0.25, -0.2) is 0 Å². The summed E-state index contributed by atoms with van der Waals surface area (Å²) in [5, 5.41) is 7.24. The minimum Gasteiger partial charge on any atom is -0.451 e. The van der Waals surface area contributed by atoms with Gasteiger partial charge in [0, 0.05) is 43.5 Å². The quantitative estimate of drug-likeness (QED) is 0.809. The second-order valence-corrected chi connectivity index (χ2v) is 7.23. The molecular formula is C20H26ClN3O4. The van der Waals surface area contributed by atoms with Crippen LogP contribution in [0.3, 0.4) is 0 Å². The van der Waals surface area contributed by atoms with Crippen LogP contribution in [0.1, 0.15) is 29.8 Å². The zero-order chi connectivity index (χ0) is 18.6. The Bertz CT molecular complexity index is 786. The predicted octanol–water partition coefficient (Wildman–Crippen LogP) is 1.95. The van der Waals surface area contributed by atoms with Crippen LogP contribution < -0.4 is 10.6 Å². The number of nitrogens with one attached hydrogen (secondary N) is 2. The number of carbonyl (C=O) groups is 2. The highest BCUT2D eigenvalue weighted by molar-refractivity contribution is 5.96. The molecule has 0 bridgehead atoms. The lowest BCUT2D eigenvalue weighted by atomic mass is 10.0. The summed E-state index contributed by atoms with van der Waals surface area (Å²) in [4.78, 5) is 27.0. The maximum Gasteiger partial charge on any atom is 0.287 e. The Labute approximate surface area is 170 Å². The van der Waals surface area contributed by atoms with Crippen LogP contribution in [0.5, 0.6) is 0 Å². The van der Waals surface area contributed by atoms with Gasteiger partial charge in [-0.3, -0.25) is 9.59 Å². The van der Waals surface area contributed by atoms with E-state index in [1.807, 2.05) is 29.2 Å². The molecule has 8 heteroatoms. The van der Waals surface area contributed by atoms with Gasteiger partial charge in [0.15, 0.2) is 5.76 Å². The SMILES string of the molecule is Cl.O=C(NC1CCCN(C(=O)CC2COCCN2)C1)c1cc2ccccc2o1. The van der Waals surface area contributed by atoms with E-state index in [0.717, 1.165) is 31.3 Å². The van der Waals surface area contributed by atoms with Gasteiger partial charge in [0.25, 0.3) is 5.91 Å². The largest absolute Gasteiger partial charge is 0.451 e. The van der Waals surface area contributed by atoms with Gasteiger partial charge in [0.1, 0.15) is 5.58 Å². The molecule has 2 N–H and O–H groups in total. The van der Waals surface area contributed by atoms with Crippen LogP contribution in [0.2, 0.25) is 0 Å². The molecule has 152 valence electrons. The molecule has 3 heterocycles. The molecule has 0 radical (unpaired) electrons. The molecule has 2 unspecified atom stereocenters. The van der Waals surface area contributed by atoms with Gasteiger partial charge in [-0.1, -0.05) is 18.2 Å². The zero-order valence-corrected chi connectivity index (χ0v) is 16.5. The average Bonchev–Trinajstić information content (AvgIpc) is 3.13. The number of morpholine rings is 1. The third-order valence-electron chi connectivity index (χ3n) is 5.18. The maximum atomic E-state index is 12.6. The number of hydrogen-bond donors (Lipinski definition) is 2. The summed E-state index contributed by atoms with van der Waals surface area (Å²) in [7, 11) is 0. The van der Waals surface area contributed by atoms with Gasteiger partial charge in [0.05, 0.1) is 13.2 Å². The number of piperidine rings is 1. The summed E-state index contributed by atoms with van der Waals surface area (Å²) in [5.41, 5.74) is 0.699. The average molecular weight is 408 g/mol. The fourth-order valence-electron chi connectivity index (χ4n) is 3.76. The fourth-order valence-corrected chi connectivity index (χ4v) is 3.76. The van der Waals surface area contributed by atoms with Crippen molar-refractivity contribution < 1.29 is 18.7 Å². The van der Waals surface area contributed by atoms with Crippen molar-refractivity contribution in [3.63, 3.8) is 0 Å². The summed E-state index contributed by atoms with van der Waals surface area (Å²) in [6.07, 6.45) is 2.18. The molecule has 2 atom stereocenters. The van der Waals surface area contributed by atoms with E-state index in [1.54, 1.807) is 6.07 Å². The lowest BCUT2D eigenvalue weighted by Gasteiger charge is -2.34. The molecule has 2 aromatic rings. The van der Waals surface area contributed by atoms with Gasteiger partial charge in [-0.2, -0.15) is 0 Å². The summed E-state index contributed by atoms with van der Waals surface area (Å²) < 4.78 is 11.0. The summed E-state index contributed by atoms with van der Waals surface area (Å²) in [6.45, 7) is 3.34. The fraction of sp³-hybridized carbons (Fsp3) is 0.500. The first-order valence-electron chi connectivity index (χ1n) is 9.57. The molecule has 0 aliphatic carbocycles. The zero-order valence-electron chi connectivity index (χ0n) is 15.7. The summed E-state index contributed by atoms with van der Waals surface area (Å²) >= 11 is 0. The normalized spacial score (nSPS) is 22.5. The monoisotopic (exact) mass is 407 g/mol. The second kappa shape index (κ2) is 9.41. The first-order valence-corrected chi connectivity index (χ1v) is 9.57. The van der Waals surface area contributed by atoms with Crippen LogP contribution in [-0.2, 0) is 9.53 Å². The number of carbonyl (C=O) groups excluding carboxylic acids is 2. The molecule has 7 nitrogen and oxygen atoms in total. The first kappa shape index (κ1) is 20.6. The summed E-state index contributed by atoms with van der Waals surface area (Å²) in [5.74, 6) is 0.191. The Balaban J connectivity index is 0.00000225. The Morgan fingerprint density at radius 1 is 1.29 bits per heavy atom. The van der Waals surface area contributed by atoms with E-state index in [-0.39, 0.29) is 36.3 Å². The van der Waals surface area contributed by atoms with Crippen molar-refractivity contribution in [3.8, 4) is 0 Å². The van der Waals surface area contributed by atoms with E-state index in [0.29, 0.717) is 37.5 Å². The highest BCUT2D eigenvalue weighted by atomic mass is 35.5. The number of likely N-dealkylation sites (tertiary alicyclic amines) is 1. The van der Waals surface area contributed by atoms with Crippen LogP contribution in [-0.4, -0.2) is 61.6 Å². The molecule has 2 aliphatic heterocycles. The number of halogens is 1. The summed E-state index contributed by atoms with van der Waals surface area (Å²) in [6, 6.07) is 9.33. The maximum absolute atomic E-state index is 12.6. The number of para-hydroxylation sites is 1.